The fourth-order valence-corrected chi connectivity index (χ4v) is 3.11. The first kappa shape index (κ1) is 17.4. The molecule has 0 aromatic heterocycles. The van der Waals surface area contributed by atoms with Crippen LogP contribution in [0.15, 0.2) is 60.7 Å². The van der Waals surface area contributed by atoms with Crippen LogP contribution in [0.4, 0.5) is 11.4 Å². The van der Waals surface area contributed by atoms with Gasteiger partial charge in [0.2, 0.25) is 0 Å². The van der Waals surface area contributed by atoms with Crippen molar-refractivity contribution in [3.8, 4) is 22.3 Å². The van der Waals surface area contributed by atoms with Crippen molar-refractivity contribution in [3.05, 3.63) is 71.2 Å². The Morgan fingerprint density at radius 2 is 1.40 bits per heavy atom. The van der Waals surface area contributed by atoms with Gasteiger partial charge in [0, 0.05) is 5.56 Å². The third kappa shape index (κ3) is 3.35. The Hall–Kier alpha value is -2.45. The van der Waals surface area contributed by atoms with Crippen molar-refractivity contribution >= 4 is 23.0 Å². The average molecular weight is 351 g/mol. The maximum Gasteiger partial charge on any atom is 0.0870 e. The summed E-state index contributed by atoms with van der Waals surface area (Å²) in [6, 6.07) is 20.6. The highest BCUT2D eigenvalue weighted by Crippen LogP contribution is 2.41. The zero-order valence-electron chi connectivity index (χ0n) is 14.8. The van der Waals surface area contributed by atoms with Gasteiger partial charge < -0.3 is 11.5 Å². The molecular formula is C22H23ClN2. The smallest absolute Gasteiger partial charge is 0.0870 e. The van der Waals surface area contributed by atoms with E-state index in [0.717, 1.165) is 22.3 Å². The van der Waals surface area contributed by atoms with Crippen molar-refractivity contribution in [2.24, 2.45) is 0 Å². The first-order valence-electron chi connectivity index (χ1n) is 8.33. The summed E-state index contributed by atoms with van der Waals surface area (Å²) in [7, 11) is 0. The SMILES string of the molecule is CC(C)(C)c1ccc(-c2ccc(N)c(Cl)c2N)c(-c2ccccc2)c1. The lowest BCUT2D eigenvalue weighted by molar-refractivity contribution is 0.590. The van der Waals surface area contributed by atoms with Gasteiger partial charge in [0.25, 0.3) is 0 Å². The first-order chi connectivity index (χ1) is 11.8. The fourth-order valence-electron chi connectivity index (χ4n) is 2.95. The van der Waals surface area contributed by atoms with Crippen LogP contribution >= 0.6 is 11.6 Å². The van der Waals surface area contributed by atoms with Crippen LogP contribution in [0.25, 0.3) is 22.3 Å². The molecule has 0 saturated carbocycles. The molecule has 4 N–H and O–H groups in total. The van der Waals surface area contributed by atoms with Gasteiger partial charge in [-0.05, 0) is 33.7 Å². The maximum absolute atomic E-state index is 6.28. The highest BCUT2D eigenvalue weighted by Gasteiger charge is 2.18. The topological polar surface area (TPSA) is 52.0 Å². The molecule has 3 heteroatoms. The minimum absolute atomic E-state index is 0.0619. The summed E-state index contributed by atoms with van der Waals surface area (Å²) in [5.74, 6) is 0. The molecule has 0 aliphatic heterocycles. The Morgan fingerprint density at radius 1 is 0.760 bits per heavy atom. The quantitative estimate of drug-likeness (QED) is 0.545. The van der Waals surface area contributed by atoms with E-state index in [1.807, 2.05) is 24.3 Å². The van der Waals surface area contributed by atoms with Gasteiger partial charge in [0.1, 0.15) is 0 Å². The average Bonchev–Trinajstić information content (AvgIpc) is 2.59. The highest BCUT2D eigenvalue weighted by atomic mass is 35.5. The maximum atomic E-state index is 6.28. The van der Waals surface area contributed by atoms with E-state index in [-0.39, 0.29) is 5.41 Å². The fraction of sp³-hybridized carbons (Fsp3) is 0.182. The van der Waals surface area contributed by atoms with E-state index in [9.17, 15) is 0 Å². The molecule has 0 fully saturated rings. The van der Waals surface area contributed by atoms with Crippen LogP contribution in [0, 0.1) is 0 Å². The molecule has 3 aromatic carbocycles. The summed E-state index contributed by atoms with van der Waals surface area (Å²) in [6.07, 6.45) is 0. The molecule has 0 spiro atoms. The second-order valence-corrected chi connectivity index (χ2v) is 7.68. The minimum atomic E-state index is 0.0619. The van der Waals surface area contributed by atoms with Gasteiger partial charge in [0.05, 0.1) is 16.4 Å². The van der Waals surface area contributed by atoms with E-state index >= 15 is 0 Å². The molecule has 0 bridgehead atoms. The van der Waals surface area contributed by atoms with Crippen molar-refractivity contribution in [2.45, 2.75) is 26.2 Å². The van der Waals surface area contributed by atoms with E-state index in [4.69, 9.17) is 23.1 Å². The third-order valence-electron chi connectivity index (χ3n) is 4.47. The van der Waals surface area contributed by atoms with Crippen molar-refractivity contribution in [1.82, 2.24) is 0 Å². The van der Waals surface area contributed by atoms with Crippen molar-refractivity contribution in [1.29, 1.82) is 0 Å². The summed E-state index contributed by atoms with van der Waals surface area (Å²) in [5, 5.41) is 0.413. The molecule has 25 heavy (non-hydrogen) atoms. The number of halogens is 1. The number of nitrogen functional groups attached to an aromatic ring is 2. The predicted octanol–water partition coefficient (Wildman–Crippen LogP) is 6.14. The van der Waals surface area contributed by atoms with Gasteiger partial charge in [-0.25, -0.2) is 0 Å². The zero-order chi connectivity index (χ0) is 18.2. The lowest BCUT2D eigenvalue weighted by Gasteiger charge is -2.22. The Morgan fingerprint density at radius 3 is 2.04 bits per heavy atom. The number of rotatable bonds is 2. The monoisotopic (exact) mass is 350 g/mol. The molecule has 3 rings (SSSR count). The van der Waals surface area contributed by atoms with Gasteiger partial charge in [-0.15, -0.1) is 0 Å². The van der Waals surface area contributed by atoms with E-state index in [1.54, 1.807) is 6.07 Å². The second kappa shape index (κ2) is 6.45. The van der Waals surface area contributed by atoms with Crippen molar-refractivity contribution < 1.29 is 0 Å². The number of nitrogens with two attached hydrogens (primary N) is 2. The molecule has 0 amide bonds. The van der Waals surface area contributed by atoms with Gasteiger partial charge in [-0.1, -0.05) is 87.0 Å². The lowest BCUT2D eigenvalue weighted by Crippen LogP contribution is -2.11. The molecular weight excluding hydrogens is 328 g/mol. The predicted molar refractivity (Wildman–Crippen MR) is 110 cm³/mol. The van der Waals surface area contributed by atoms with Crippen LogP contribution < -0.4 is 11.5 Å². The molecule has 0 radical (unpaired) electrons. The molecule has 0 atom stereocenters. The molecule has 2 nitrogen and oxygen atoms in total. The zero-order valence-corrected chi connectivity index (χ0v) is 15.6. The minimum Gasteiger partial charge on any atom is -0.397 e. The molecule has 0 aliphatic rings. The summed E-state index contributed by atoms with van der Waals surface area (Å²) in [6.45, 7) is 6.64. The van der Waals surface area contributed by atoms with Crippen LogP contribution in [0.1, 0.15) is 26.3 Å². The van der Waals surface area contributed by atoms with Gasteiger partial charge >= 0.3 is 0 Å². The number of benzene rings is 3. The van der Waals surface area contributed by atoms with Gasteiger partial charge in [-0.2, -0.15) is 0 Å². The summed E-state index contributed by atoms with van der Waals surface area (Å²) < 4.78 is 0. The summed E-state index contributed by atoms with van der Waals surface area (Å²) in [5.41, 5.74) is 18.8. The van der Waals surface area contributed by atoms with Crippen LogP contribution in [0.5, 0.6) is 0 Å². The van der Waals surface area contributed by atoms with Crippen LogP contribution in [0.2, 0.25) is 5.02 Å². The second-order valence-electron chi connectivity index (χ2n) is 7.31. The lowest BCUT2D eigenvalue weighted by atomic mass is 9.83. The molecule has 0 heterocycles. The normalized spacial score (nSPS) is 11.5. The Bertz CT molecular complexity index is 909. The van der Waals surface area contributed by atoms with Gasteiger partial charge in [-0.3, -0.25) is 0 Å². The Labute approximate surface area is 154 Å². The summed E-state index contributed by atoms with van der Waals surface area (Å²) >= 11 is 6.28. The highest BCUT2D eigenvalue weighted by molar-refractivity contribution is 6.36. The Kier molecular flexibility index (Phi) is 4.49. The molecule has 0 saturated heterocycles. The van der Waals surface area contributed by atoms with Crippen LogP contribution in [-0.2, 0) is 5.41 Å². The van der Waals surface area contributed by atoms with Crippen LogP contribution in [0.3, 0.4) is 0 Å². The standard InChI is InChI=1S/C22H23ClN2/c1-22(2,3)15-9-10-16(17-11-12-19(24)20(23)21(17)25)18(13-15)14-7-5-4-6-8-14/h4-13H,24-25H2,1-3H3. The Balaban J connectivity index is 2.29. The first-order valence-corrected chi connectivity index (χ1v) is 8.70. The van der Waals surface area contributed by atoms with E-state index in [1.165, 1.54) is 5.56 Å². The number of hydrogen-bond donors (Lipinski definition) is 2. The van der Waals surface area contributed by atoms with Crippen molar-refractivity contribution in [2.75, 3.05) is 11.5 Å². The number of hydrogen-bond acceptors (Lipinski definition) is 2. The number of anilines is 2. The largest absolute Gasteiger partial charge is 0.397 e. The van der Waals surface area contributed by atoms with E-state index in [0.29, 0.717) is 16.4 Å². The molecule has 3 aromatic rings. The van der Waals surface area contributed by atoms with Gasteiger partial charge in [0.15, 0.2) is 0 Å². The van der Waals surface area contributed by atoms with E-state index in [2.05, 4.69) is 51.1 Å². The molecule has 0 unspecified atom stereocenters. The molecule has 128 valence electrons. The van der Waals surface area contributed by atoms with Crippen LogP contribution in [-0.4, -0.2) is 0 Å². The van der Waals surface area contributed by atoms with E-state index < -0.39 is 0 Å². The van der Waals surface area contributed by atoms with Crippen molar-refractivity contribution in [3.63, 3.8) is 0 Å². The summed E-state index contributed by atoms with van der Waals surface area (Å²) in [4.78, 5) is 0. The third-order valence-corrected chi connectivity index (χ3v) is 4.89. The molecule has 0 aliphatic carbocycles.